The number of nitriles is 1. The van der Waals surface area contributed by atoms with Crippen molar-refractivity contribution < 1.29 is 8.42 Å². The molecule has 1 fully saturated rings. The van der Waals surface area contributed by atoms with Gasteiger partial charge in [0.1, 0.15) is 0 Å². The van der Waals surface area contributed by atoms with Crippen molar-refractivity contribution in [3.63, 3.8) is 0 Å². The van der Waals surface area contributed by atoms with E-state index in [1.165, 1.54) is 4.31 Å². The Kier molecular flexibility index (Phi) is 4.20. The Morgan fingerprint density at radius 3 is 1.96 bits per heavy atom. The highest BCUT2D eigenvalue weighted by molar-refractivity contribution is 7.89. The van der Waals surface area contributed by atoms with Gasteiger partial charge < -0.3 is 0 Å². The number of nitrogens with zero attached hydrogens (tertiary/aromatic N) is 2. The quantitative estimate of drug-likeness (QED) is 0.871. The second-order valence-electron chi connectivity index (χ2n) is 5.78. The number of piperidine rings is 1. The summed E-state index contributed by atoms with van der Waals surface area (Å²) in [5.41, 5.74) is 0.378. The predicted octanol–water partition coefficient (Wildman–Crippen LogP) is 2.93. The molecule has 5 heteroatoms. The van der Waals surface area contributed by atoms with Crippen molar-refractivity contribution in [2.24, 2.45) is 0 Å². The molecule has 0 N–H and O–H groups in total. The first-order valence-electron chi connectivity index (χ1n) is 7.60. The van der Waals surface area contributed by atoms with Crippen LogP contribution in [0.15, 0.2) is 65.6 Å². The molecule has 0 aliphatic carbocycles. The summed E-state index contributed by atoms with van der Waals surface area (Å²) in [5, 5.41) is 9.68. The Bertz CT molecular complexity index is 803. The lowest BCUT2D eigenvalue weighted by atomic mass is 9.74. The zero-order valence-corrected chi connectivity index (χ0v) is 13.5. The first kappa shape index (κ1) is 15.7. The molecule has 0 atom stereocenters. The van der Waals surface area contributed by atoms with Crippen molar-refractivity contribution in [2.75, 3.05) is 13.1 Å². The number of hydrogen-bond donors (Lipinski definition) is 0. The Labute approximate surface area is 137 Å². The summed E-state index contributed by atoms with van der Waals surface area (Å²) in [6.07, 6.45) is 1.03. The first-order valence-corrected chi connectivity index (χ1v) is 9.04. The first-order chi connectivity index (χ1) is 11.1. The van der Waals surface area contributed by atoms with Crippen LogP contribution in [0.3, 0.4) is 0 Å². The Morgan fingerprint density at radius 1 is 0.913 bits per heavy atom. The van der Waals surface area contributed by atoms with Crippen LogP contribution < -0.4 is 0 Å². The standard InChI is InChI=1S/C18H18N2O2S/c19-15-18(16-7-3-1-4-8-16)11-13-20(14-12-18)23(21,22)17-9-5-2-6-10-17/h1-10H,11-14H2. The van der Waals surface area contributed by atoms with Crippen molar-refractivity contribution >= 4 is 10.0 Å². The third kappa shape index (κ3) is 2.88. The zero-order chi connectivity index (χ0) is 16.3. The van der Waals surface area contributed by atoms with E-state index in [1.54, 1.807) is 30.3 Å². The van der Waals surface area contributed by atoms with Crippen LogP contribution in [0.25, 0.3) is 0 Å². The van der Waals surface area contributed by atoms with Crippen LogP contribution in [0.5, 0.6) is 0 Å². The highest BCUT2D eigenvalue weighted by atomic mass is 32.2. The topological polar surface area (TPSA) is 61.2 Å². The fraction of sp³-hybridized carbons (Fsp3) is 0.278. The predicted molar refractivity (Wildman–Crippen MR) is 88.2 cm³/mol. The van der Waals surface area contributed by atoms with Gasteiger partial charge in [-0.15, -0.1) is 0 Å². The van der Waals surface area contributed by atoms with Gasteiger partial charge in [-0.05, 0) is 30.5 Å². The molecule has 1 aliphatic rings. The molecule has 1 aliphatic heterocycles. The van der Waals surface area contributed by atoms with Crippen LogP contribution in [0.4, 0.5) is 0 Å². The van der Waals surface area contributed by atoms with Gasteiger partial charge in [0.05, 0.1) is 16.4 Å². The Morgan fingerprint density at radius 2 is 1.43 bits per heavy atom. The molecular weight excluding hydrogens is 308 g/mol. The maximum atomic E-state index is 12.7. The SMILES string of the molecule is N#CC1(c2ccccc2)CCN(S(=O)(=O)c2ccccc2)CC1. The van der Waals surface area contributed by atoms with E-state index in [4.69, 9.17) is 0 Å². The molecule has 0 amide bonds. The molecule has 2 aromatic rings. The largest absolute Gasteiger partial charge is 0.243 e. The molecule has 0 aromatic heterocycles. The minimum atomic E-state index is -3.48. The van der Waals surface area contributed by atoms with Gasteiger partial charge in [0.15, 0.2) is 0 Å². The Balaban J connectivity index is 1.82. The maximum Gasteiger partial charge on any atom is 0.243 e. The molecule has 1 heterocycles. The lowest BCUT2D eigenvalue weighted by molar-refractivity contribution is 0.277. The van der Waals surface area contributed by atoms with Gasteiger partial charge in [0, 0.05) is 13.1 Å². The second-order valence-corrected chi connectivity index (χ2v) is 7.72. The summed E-state index contributed by atoms with van der Waals surface area (Å²) in [5.74, 6) is 0. The average molecular weight is 326 g/mol. The van der Waals surface area contributed by atoms with Crippen LogP contribution >= 0.6 is 0 Å². The minimum Gasteiger partial charge on any atom is -0.207 e. The summed E-state index contributed by atoms with van der Waals surface area (Å²) in [7, 11) is -3.48. The van der Waals surface area contributed by atoms with E-state index < -0.39 is 15.4 Å². The van der Waals surface area contributed by atoms with Crippen LogP contribution in [0.1, 0.15) is 18.4 Å². The second kappa shape index (κ2) is 6.15. The summed E-state index contributed by atoms with van der Waals surface area (Å²) in [6, 6.07) is 20.5. The van der Waals surface area contributed by atoms with Crippen LogP contribution in [0, 0.1) is 11.3 Å². The Hall–Kier alpha value is -2.16. The van der Waals surface area contributed by atoms with E-state index in [9.17, 15) is 13.7 Å². The maximum absolute atomic E-state index is 12.7. The molecule has 118 valence electrons. The molecule has 0 spiro atoms. The van der Waals surface area contributed by atoms with Crippen LogP contribution in [-0.4, -0.2) is 25.8 Å². The number of hydrogen-bond acceptors (Lipinski definition) is 3. The van der Waals surface area contributed by atoms with Gasteiger partial charge in [-0.1, -0.05) is 48.5 Å². The molecule has 0 saturated carbocycles. The van der Waals surface area contributed by atoms with E-state index in [0.29, 0.717) is 30.8 Å². The van der Waals surface area contributed by atoms with Crippen molar-refractivity contribution in [1.29, 1.82) is 5.26 Å². The van der Waals surface area contributed by atoms with E-state index in [2.05, 4.69) is 6.07 Å². The van der Waals surface area contributed by atoms with E-state index in [1.807, 2.05) is 30.3 Å². The fourth-order valence-electron chi connectivity index (χ4n) is 3.07. The normalized spacial score (nSPS) is 18.2. The van der Waals surface area contributed by atoms with Crippen LogP contribution in [0.2, 0.25) is 0 Å². The number of benzene rings is 2. The van der Waals surface area contributed by atoms with Gasteiger partial charge in [-0.2, -0.15) is 9.57 Å². The van der Waals surface area contributed by atoms with E-state index >= 15 is 0 Å². The van der Waals surface area contributed by atoms with E-state index in [0.717, 1.165) is 5.56 Å². The monoisotopic (exact) mass is 326 g/mol. The van der Waals surface area contributed by atoms with Crippen molar-refractivity contribution in [2.45, 2.75) is 23.2 Å². The van der Waals surface area contributed by atoms with Gasteiger partial charge in [-0.3, -0.25) is 0 Å². The van der Waals surface area contributed by atoms with Crippen LogP contribution in [-0.2, 0) is 15.4 Å². The van der Waals surface area contributed by atoms with Gasteiger partial charge >= 0.3 is 0 Å². The van der Waals surface area contributed by atoms with Gasteiger partial charge in [0.2, 0.25) is 10.0 Å². The third-order valence-corrected chi connectivity index (χ3v) is 6.41. The van der Waals surface area contributed by atoms with Crippen molar-refractivity contribution in [3.05, 3.63) is 66.2 Å². The molecule has 3 rings (SSSR count). The molecule has 0 bridgehead atoms. The number of rotatable bonds is 3. The fourth-order valence-corrected chi connectivity index (χ4v) is 4.53. The molecular formula is C18H18N2O2S. The van der Waals surface area contributed by atoms with E-state index in [-0.39, 0.29) is 0 Å². The molecule has 2 aromatic carbocycles. The lowest BCUT2D eigenvalue weighted by Gasteiger charge is -2.36. The zero-order valence-electron chi connectivity index (χ0n) is 12.7. The highest BCUT2D eigenvalue weighted by Crippen LogP contribution is 2.36. The van der Waals surface area contributed by atoms with Crippen molar-refractivity contribution in [1.82, 2.24) is 4.31 Å². The molecule has 1 saturated heterocycles. The number of sulfonamides is 1. The molecule has 23 heavy (non-hydrogen) atoms. The highest BCUT2D eigenvalue weighted by Gasteiger charge is 2.39. The minimum absolute atomic E-state index is 0.309. The summed E-state index contributed by atoms with van der Waals surface area (Å²) in [6.45, 7) is 0.722. The lowest BCUT2D eigenvalue weighted by Crippen LogP contribution is -2.44. The van der Waals surface area contributed by atoms with Gasteiger partial charge in [-0.25, -0.2) is 8.42 Å². The third-order valence-electron chi connectivity index (χ3n) is 4.50. The van der Waals surface area contributed by atoms with Crippen molar-refractivity contribution in [3.8, 4) is 6.07 Å². The average Bonchev–Trinajstić information content (AvgIpc) is 2.63. The van der Waals surface area contributed by atoms with Gasteiger partial charge in [0.25, 0.3) is 0 Å². The summed E-state index contributed by atoms with van der Waals surface area (Å²) in [4.78, 5) is 0.309. The molecule has 4 nitrogen and oxygen atoms in total. The molecule has 0 radical (unpaired) electrons. The summed E-state index contributed by atoms with van der Waals surface area (Å²) < 4.78 is 26.8. The molecule has 0 unspecified atom stereocenters. The summed E-state index contributed by atoms with van der Waals surface area (Å²) >= 11 is 0. The smallest absolute Gasteiger partial charge is 0.207 e.